The standard InChI is InChI=1S/C34H31N5O2/c40-33(28-21-26-8-3-4-10-30(26)35-22-28)37-31-11-5-6-12-32(31)38-34(41)36-29-15-13-24(14-16-29)17-19-39-20-18-25-7-1-2-9-27(25)23-39/h1-16,21-22H,17-20,23H2,(H,37,40)(H2,36,38,41). The van der Waals surface area contributed by atoms with Crippen LogP contribution in [0.3, 0.4) is 0 Å². The number of para-hydroxylation sites is 3. The van der Waals surface area contributed by atoms with Gasteiger partial charge in [-0.1, -0.05) is 66.7 Å². The van der Waals surface area contributed by atoms with Crippen molar-refractivity contribution >= 4 is 39.9 Å². The van der Waals surface area contributed by atoms with Gasteiger partial charge in [0, 0.05) is 36.9 Å². The second-order valence-electron chi connectivity index (χ2n) is 10.2. The van der Waals surface area contributed by atoms with E-state index in [9.17, 15) is 9.59 Å². The largest absolute Gasteiger partial charge is 0.323 e. The van der Waals surface area contributed by atoms with Crippen molar-refractivity contribution in [2.75, 3.05) is 29.0 Å². The van der Waals surface area contributed by atoms with E-state index in [2.05, 4.69) is 62.2 Å². The van der Waals surface area contributed by atoms with Gasteiger partial charge in [-0.25, -0.2) is 4.79 Å². The highest BCUT2D eigenvalue weighted by atomic mass is 16.2. The minimum Gasteiger partial charge on any atom is -0.320 e. The summed E-state index contributed by atoms with van der Waals surface area (Å²) >= 11 is 0. The molecule has 0 bridgehead atoms. The quantitative estimate of drug-likeness (QED) is 0.213. The molecule has 0 radical (unpaired) electrons. The molecule has 7 nitrogen and oxygen atoms in total. The zero-order valence-corrected chi connectivity index (χ0v) is 22.6. The molecule has 4 aromatic carbocycles. The molecular weight excluding hydrogens is 510 g/mol. The molecule has 0 saturated heterocycles. The maximum atomic E-state index is 12.9. The van der Waals surface area contributed by atoms with Crippen LogP contribution in [0.5, 0.6) is 0 Å². The molecule has 0 atom stereocenters. The first-order valence-electron chi connectivity index (χ1n) is 13.8. The summed E-state index contributed by atoms with van der Waals surface area (Å²) in [5, 5.41) is 9.51. The molecule has 0 aliphatic carbocycles. The summed E-state index contributed by atoms with van der Waals surface area (Å²) in [5.41, 5.74) is 7.06. The average Bonchev–Trinajstić information content (AvgIpc) is 3.01. The van der Waals surface area contributed by atoms with Gasteiger partial charge < -0.3 is 16.0 Å². The van der Waals surface area contributed by atoms with Crippen LogP contribution in [-0.4, -0.2) is 34.9 Å². The highest BCUT2D eigenvalue weighted by Crippen LogP contribution is 2.23. The number of urea groups is 1. The maximum absolute atomic E-state index is 12.9. The Balaban J connectivity index is 1.03. The van der Waals surface area contributed by atoms with Crippen molar-refractivity contribution in [1.82, 2.24) is 9.88 Å². The molecule has 7 heteroatoms. The number of hydrogen-bond acceptors (Lipinski definition) is 4. The van der Waals surface area contributed by atoms with Crippen molar-refractivity contribution in [3.63, 3.8) is 0 Å². The molecule has 0 fully saturated rings. The van der Waals surface area contributed by atoms with Gasteiger partial charge in [0.2, 0.25) is 0 Å². The number of carbonyl (C=O) groups excluding carboxylic acids is 2. The first-order valence-corrected chi connectivity index (χ1v) is 13.8. The van der Waals surface area contributed by atoms with Crippen LogP contribution in [0.4, 0.5) is 21.9 Å². The lowest BCUT2D eigenvalue weighted by atomic mass is 9.99. The number of nitrogens with one attached hydrogen (secondary N) is 3. The maximum Gasteiger partial charge on any atom is 0.323 e. The topological polar surface area (TPSA) is 86.4 Å². The highest BCUT2D eigenvalue weighted by molar-refractivity contribution is 6.09. The Morgan fingerprint density at radius 2 is 1.46 bits per heavy atom. The van der Waals surface area contributed by atoms with Gasteiger partial charge in [0.1, 0.15) is 0 Å². The van der Waals surface area contributed by atoms with E-state index in [-0.39, 0.29) is 11.9 Å². The molecule has 3 amide bonds. The van der Waals surface area contributed by atoms with Crippen molar-refractivity contribution in [2.24, 2.45) is 0 Å². The number of pyridine rings is 1. The Hall–Kier alpha value is -5.01. The van der Waals surface area contributed by atoms with Crippen LogP contribution in [0, 0.1) is 0 Å². The van der Waals surface area contributed by atoms with Crippen LogP contribution in [0.2, 0.25) is 0 Å². The average molecular weight is 542 g/mol. The lowest BCUT2D eigenvalue weighted by Gasteiger charge is -2.28. The summed E-state index contributed by atoms with van der Waals surface area (Å²) < 4.78 is 0. The van der Waals surface area contributed by atoms with Gasteiger partial charge in [0.15, 0.2) is 0 Å². The van der Waals surface area contributed by atoms with Gasteiger partial charge in [-0.05, 0) is 65.9 Å². The number of nitrogens with zero attached hydrogens (tertiary/aromatic N) is 2. The van der Waals surface area contributed by atoms with E-state index in [4.69, 9.17) is 0 Å². The summed E-state index contributed by atoms with van der Waals surface area (Å²) in [6.07, 6.45) is 3.60. The van der Waals surface area contributed by atoms with Crippen LogP contribution in [0.1, 0.15) is 27.0 Å². The Labute approximate surface area is 239 Å². The van der Waals surface area contributed by atoms with Crippen molar-refractivity contribution in [3.05, 3.63) is 132 Å². The van der Waals surface area contributed by atoms with Gasteiger partial charge in [-0.2, -0.15) is 0 Å². The van der Waals surface area contributed by atoms with E-state index in [0.29, 0.717) is 22.6 Å². The third kappa shape index (κ3) is 6.42. The van der Waals surface area contributed by atoms with E-state index in [1.54, 1.807) is 36.5 Å². The first kappa shape index (κ1) is 26.2. The van der Waals surface area contributed by atoms with Gasteiger partial charge in [-0.15, -0.1) is 0 Å². The van der Waals surface area contributed by atoms with Crippen LogP contribution in [0.15, 0.2) is 109 Å². The zero-order chi connectivity index (χ0) is 28.0. The van der Waals surface area contributed by atoms with Gasteiger partial charge in [0.05, 0.1) is 22.5 Å². The molecule has 0 spiro atoms. The normalized spacial score (nSPS) is 12.9. The predicted octanol–water partition coefficient (Wildman–Crippen LogP) is 6.73. The van der Waals surface area contributed by atoms with E-state index in [1.807, 2.05) is 36.4 Å². The molecule has 2 heterocycles. The number of amides is 3. The van der Waals surface area contributed by atoms with Crippen molar-refractivity contribution < 1.29 is 9.59 Å². The van der Waals surface area contributed by atoms with Gasteiger partial charge in [0.25, 0.3) is 5.91 Å². The van der Waals surface area contributed by atoms with Crippen molar-refractivity contribution in [3.8, 4) is 0 Å². The number of rotatable bonds is 7. The SMILES string of the molecule is O=C(Nc1ccc(CCN2CCc3ccccc3C2)cc1)Nc1ccccc1NC(=O)c1cnc2ccccc2c1. The van der Waals surface area contributed by atoms with Crippen LogP contribution >= 0.6 is 0 Å². The molecule has 204 valence electrons. The number of benzene rings is 4. The molecule has 6 rings (SSSR count). The number of aromatic nitrogens is 1. The van der Waals surface area contributed by atoms with E-state index < -0.39 is 0 Å². The van der Waals surface area contributed by atoms with E-state index in [0.717, 1.165) is 43.4 Å². The molecule has 3 N–H and O–H groups in total. The number of fused-ring (bicyclic) bond motifs is 2. The smallest absolute Gasteiger partial charge is 0.320 e. The lowest BCUT2D eigenvalue weighted by molar-refractivity contribution is 0.102. The van der Waals surface area contributed by atoms with Crippen molar-refractivity contribution in [2.45, 2.75) is 19.4 Å². The zero-order valence-electron chi connectivity index (χ0n) is 22.6. The number of carbonyl (C=O) groups is 2. The fourth-order valence-electron chi connectivity index (χ4n) is 5.16. The summed E-state index contributed by atoms with van der Waals surface area (Å²) in [4.78, 5) is 32.6. The Morgan fingerprint density at radius 3 is 2.29 bits per heavy atom. The Kier molecular flexibility index (Phi) is 7.69. The Morgan fingerprint density at radius 1 is 0.756 bits per heavy atom. The van der Waals surface area contributed by atoms with E-state index in [1.165, 1.54) is 16.7 Å². The van der Waals surface area contributed by atoms with Gasteiger partial charge in [-0.3, -0.25) is 14.7 Å². The first-order chi connectivity index (χ1) is 20.1. The second kappa shape index (κ2) is 12.0. The molecule has 0 saturated carbocycles. The van der Waals surface area contributed by atoms with Gasteiger partial charge >= 0.3 is 6.03 Å². The van der Waals surface area contributed by atoms with E-state index >= 15 is 0 Å². The fraction of sp³-hybridized carbons (Fsp3) is 0.147. The molecular formula is C34H31N5O2. The summed E-state index contributed by atoms with van der Waals surface area (Å²) in [6.45, 7) is 3.08. The fourth-order valence-corrected chi connectivity index (χ4v) is 5.16. The highest BCUT2D eigenvalue weighted by Gasteiger charge is 2.16. The minimum atomic E-state index is -0.390. The Bertz CT molecular complexity index is 1700. The molecule has 1 aliphatic heterocycles. The van der Waals surface area contributed by atoms with Crippen LogP contribution in [-0.2, 0) is 19.4 Å². The number of anilines is 3. The molecule has 0 unspecified atom stereocenters. The summed E-state index contributed by atoms with van der Waals surface area (Å²) in [6, 6.07) is 32.8. The minimum absolute atomic E-state index is 0.303. The second-order valence-corrected chi connectivity index (χ2v) is 10.2. The third-order valence-corrected chi connectivity index (χ3v) is 7.41. The lowest BCUT2D eigenvalue weighted by Crippen LogP contribution is -2.32. The van der Waals surface area contributed by atoms with Crippen molar-refractivity contribution in [1.29, 1.82) is 0 Å². The monoisotopic (exact) mass is 541 g/mol. The number of hydrogen-bond donors (Lipinski definition) is 3. The molecule has 41 heavy (non-hydrogen) atoms. The summed E-state index contributed by atoms with van der Waals surface area (Å²) in [5.74, 6) is -0.303. The summed E-state index contributed by atoms with van der Waals surface area (Å²) in [7, 11) is 0. The molecule has 1 aromatic heterocycles. The van der Waals surface area contributed by atoms with Crippen LogP contribution in [0.25, 0.3) is 10.9 Å². The van der Waals surface area contributed by atoms with Crippen LogP contribution < -0.4 is 16.0 Å². The molecule has 1 aliphatic rings. The molecule has 5 aromatic rings. The predicted molar refractivity (Wildman–Crippen MR) is 164 cm³/mol. The third-order valence-electron chi connectivity index (χ3n) is 7.41.